The number of benzene rings is 1. The maximum absolute atomic E-state index is 13.3. The number of carbonyl (C=O) groups excluding carboxylic acids is 2. The Labute approximate surface area is 184 Å². The molecule has 2 saturated heterocycles. The van der Waals surface area contributed by atoms with Gasteiger partial charge in [0.25, 0.3) is 5.91 Å². The standard InChI is InChI=1S/C25H31N3O3/c1-18(2)27-24(30)25(10-13-28(17-25)23(29)22-7-4-14-31-22)16-19-5-3-6-21(15-19)20-8-11-26-12-9-20/h3,5-6,8-9,11-12,15,18,22H,4,7,10,13-14,16-17H2,1-2H3,(H,27,30)/t22-,25-/m0/s1. The van der Waals surface area contributed by atoms with Crippen LogP contribution in [0.5, 0.6) is 0 Å². The van der Waals surface area contributed by atoms with Gasteiger partial charge in [-0.25, -0.2) is 0 Å². The molecule has 0 aliphatic carbocycles. The summed E-state index contributed by atoms with van der Waals surface area (Å²) < 4.78 is 5.61. The Morgan fingerprint density at radius 3 is 2.74 bits per heavy atom. The lowest BCUT2D eigenvalue weighted by Gasteiger charge is -2.30. The van der Waals surface area contributed by atoms with E-state index in [9.17, 15) is 9.59 Å². The summed E-state index contributed by atoms with van der Waals surface area (Å²) in [5.41, 5.74) is 2.67. The number of rotatable bonds is 6. The predicted molar refractivity (Wildman–Crippen MR) is 119 cm³/mol. The smallest absolute Gasteiger partial charge is 0.251 e. The van der Waals surface area contributed by atoms with Crippen molar-refractivity contribution in [1.29, 1.82) is 0 Å². The van der Waals surface area contributed by atoms with E-state index < -0.39 is 5.41 Å². The van der Waals surface area contributed by atoms with Crippen molar-refractivity contribution in [2.75, 3.05) is 19.7 Å². The zero-order valence-electron chi connectivity index (χ0n) is 18.3. The second-order valence-electron chi connectivity index (χ2n) is 9.03. The molecule has 4 rings (SSSR count). The number of amides is 2. The average Bonchev–Trinajstić information content (AvgIpc) is 3.45. The third kappa shape index (κ3) is 4.79. The van der Waals surface area contributed by atoms with Gasteiger partial charge in [0, 0.05) is 38.1 Å². The number of aromatic nitrogens is 1. The summed E-state index contributed by atoms with van der Waals surface area (Å²) in [6.07, 6.45) is 6.16. The van der Waals surface area contributed by atoms with E-state index in [1.165, 1.54) is 0 Å². The first-order valence-electron chi connectivity index (χ1n) is 11.2. The molecule has 6 heteroatoms. The van der Waals surface area contributed by atoms with Gasteiger partial charge in [-0.1, -0.05) is 24.3 Å². The Kier molecular flexibility index (Phi) is 6.37. The fourth-order valence-corrected chi connectivity index (χ4v) is 4.66. The van der Waals surface area contributed by atoms with E-state index >= 15 is 0 Å². The van der Waals surface area contributed by atoms with Crippen LogP contribution in [0.4, 0.5) is 0 Å². The summed E-state index contributed by atoms with van der Waals surface area (Å²) in [5.74, 6) is 0.0571. The lowest BCUT2D eigenvalue weighted by molar-refractivity contribution is -0.141. The lowest BCUT2D eigenvalue weighted by Crippen LogP contribution is -2.48. The topological polar surface area (TPSA) is 71.5 Å². The SMILES string of the molecule is CC(C)NC(=O)[C@]1(Cc2cccc(-c3ccncc3)c2)CCN(C(=O)[C@@H]2CCCO2)C1. The number of hydrogen-bond donors (Lipinski definition) is 1. The molecule has 2 aliphatic rings. The van der Waals surface area contributed by atoms with Crippen molar-refractivity contribution in [3.05, 3.63) is 54.4 Å². The fourth-order valence-electron chi connectivity index (χ4n) is 4.66. The van der Waals surface area contributed by atoms with Gasteiger partial charge in [0.15, 0.2) is 0 Å². The highest BCUT2D eigenvalue weighted by Gasteiger charge is 2.47. The summed E-state index contributed by atoms with van der Waals surface area (Å²) in [5, 5.41) is 3.10. The Morgan fingerprint density at radius 2 is 2.03 bits per heavy atom. The van der Waals surface area contributed by atoms with Crippen LogP contribution < -0.4 is 5.32 Å². The molecule has 31 heavy (non-hydrogen) atoms. The van der Waals surface area contributed by atoms with Gasteiger partial charge in [-0.3, -0.25) is 14.6 Å². The molecule has 2 aromatic rings. The van der Waals surface area contributed by atoms with Crippen molar-refractivity contribution in [2.24, 2.45) is 5.41 Å². The molecule has 0 spiro atoms. The summed E-state index contributed by atoms with van der Waals surface area (Å²) in [4.78, 5) is 32.2. The van der Waals surface area contributed by atoms with Crippen LogP contribution in [0.2, 0.25) is 0 Å². The van der Waals surface area contributed by atoms with Gasteiger partial charge in [0.05, 0.1) is 5.41 Å². The van der Waals surface area contributed by atoms with Crippen LogP contribution in [0.15, 0.2) is 48.8 Å². The molecule has 2 aliphatic heterocycles. The van der Waals surface area contributed by atoms with Crippen LogP contribution in [0, 0.1) is 5.41 Å². The van der Waals surface area contributed by atoms with Crippen molar-refractivity contribution < 1.29 is 14.3 Å². The summed E-state index contributed by atoms with van der Waals surface area (Å²) in [7, 11) is 0. The molecule has 0 radical (unpaired) electrons. The van der Waals surface area contributed by atoms with E-state index in [2.05, 4.69) is 28.5 Å². The molecule has 1 aromatic carbocycles. The molecule has 164 valence electrons. The number of nitrogens with one attached hydrogen (secondary N) is 1. The highest BCUT2D eigenvalue weighted by molar-refractivity contribution is 5.87. The molecule has 6 nitrogen and oxygen atoms in total. The van der Waals surface area contributed by atoms with Crippen LogP contribution in [-0.4, -0.2) is 53.5 Å². The average molecular weight is 422 g/mol. The summed E-state index contributed by atoms with van der Waals surface area (Å²) in [6, 6.07) is 12.3. The summed E-state index contributed by atoms with van der Waals surface area (Å²) in [6.45, 7) is 5.61. The molecule has 2 atom stereocenters. The normalized spacial score (nSPS) is 23.3. The summed E-state index contributed by atoms with van der Waals surface area (Å²) >= 11 is 0. The molecule has 2 amide bonds. The van der Waals surface area contributed by atoms with E-state index in [4.69, 9.17) is 4.74 Å². The minimum absolute atomic E-state index is 0.0273. The number of pyridine rings is 1. The first kappa shape index (κ1) is 21.5. The van der Waals surface area contributed by atoms with Crippen molar-refractivity contribution in [3.63, 3.8) is 0 Å². The van der Waals surface area contributed by atoms with Gasteiger partial charge in [0.2, 0.25) is 5.91 Å². The Hall–Kier alpha value is -2.73. The van der Waals surface area contributed by atoms with E-state index in [0.717, 1.165) is 29.5 Å². The highest BCUT2D eigenvalue weighted by atomic mass is 16.5. The largest absolute Gasteiger partial charge is 0.368 e. The fraction of sp³-hybridized carbons (Fsp3) is 0.480. The monoisotopic (exact) mass is 421 g/mol. The second kappa shape index (κ2) is 9.18. The first-order valence-corrected chi connectivity index (χ1v) is 11.2. The molecular formula is C25H31N3O3. The number of ether oxygens (including phenoxy) is 1. The minimum Gasteiger partial charge on any atom is -0.368 e. The Bertz CT molecular complexity index is 925. The van der Waals surface area contributed by atoms with E-state index in [0.29, 0.717) is 32.5 Å². The quantitative estimate of drug-likeness (QED) is 0.778. The van der Waals surface area contributed by atoms with Gasteiger partial charge in [0.1, 0.15) is 6.10 Å². The number of likely N-dealkylation sites (tertiary alicyclic amines) is 1. The number of hydrogen-bond acceptors (Lipinski definition) is 4. The first-order chi connectivity index (χ1) is 15.0. The van der Waals surface area contributed by atoms with Gasteiger partial charge in [-0.2, -0.15) is 0 Å². The molecule has 0 bridgehead atoms. The maximum atomic E-state index is 13.3. The zero-order chi connectivity index (χ0) is 21.8. The molecular weight excluding hydrogens is 390 g/mol. The predicted octanol–water partition coefficient (Wildman–Crippen LogP) is 3.21. The molecule has 2 fully saturated rings. The number of nitrogens with zero attached hydrogens (tertiary/aromatic N) is 2. The second-order valence-corrected chi connectivity index (χ2v) is 9.03. The van der Waals surface area contributed by atoms with Gasteiger partial charge >= 0.3 is 0 Å². The van der Waals surface area contributed by atoms with Crippen LogP contribution in [-0.2, 0) is 20.7 Å². The van der Waals surface area contributed by atoms with Crippen molar-refractivity contribution in [2.45, 2.75) is 51.7 Å². The molecule has 3 heterocycles. The van der Waals surface area contributed by atoms with Crippen molar-refractivity contribution in [1.82, 2.24) is 15.2 Å². The molecule has 1 aromatic heterocycles. The van der Waals surface area contributed by atoms with Crippen molar-refractivity contribution >= 4 is 11.8 Å². The Balaban J connectivity index is 1.58. The Morgan fingerprint density at radius 1 is 1.23 bits per heavy atom. The van der Waals surface area contributed by atoms with Crippen molar-refractivity contribution in [3.8, 4) is 11.1 Å². The van der Waals surface area contributed by atoms with Gasteiger partial charge in [-0.05, 0) is 68.4 Å². The minimum atomic E-state index is -0.630. The maximum Gasteiger partial charge on any atom is 0.251 e. The van der Waals surface area contributed by atoms with Gasteiger partial charge < -0.3 is 15.0 Å². The van der Waals surface area contributed by atoms with Gasteiger partial charge in [-0.15, -0.1) is 0 Å². The molecule has 1 N–H and O–H groups in total. The third-order valence-corrected chi connectivity index (χ3v) is 6.26. The van der Waals surface area contributed by atoms with Crippen LogP contribution in [0.25, 0.3) is 11.1 Å². The number of carbonyl (C=O) groups is 2. The molecule has 0 saturated carbocycles. The molecule has 0 unspecified atom stereocenters. The van der Waals surface area contributed by atoms with E-state index in [1.54, 1.807) is 12.4 Å². The van der Waals surface area contributed by atoms with Crippen LogP contribution in [0.1, 0.15) is 38.7 Å². The zero-order valence-corrected chi connectivity index (χ0v) is 18.3. The highest BCUT2D eigenvalue weighted by Crippen LogP contribution is 2.36. The lowest BCUT2D eigenvalue weighted by atomic mass is 9.79. The third-order valence-electron chi connectivity index (χ3n) is 6.26. The van der Waals surface area contributed by atoms with Crippen LogP contribution in [0.3, 0.4) is 0 Å². The van der Waals surface area contributed by atoms with E-state index in [-0.39, 0.29) is 24.0 Å². The van der Waals surface area contributed by atoms with Crippen LogP contribution >= 0.6 is 0 Å². The van der Waals surface area contributed by atoms with E-state index in [1.807, 2.05) is 36.9 Å².